The lowest BCUT2D eigenvalue weighted by Gasteiger charge is -2.28. The van der Waals surface area contributed by atoms with Gasteiger partial charge >= 0.3 is 0 Å². The molecule has 0 saturated carbocycles. The number of nitrogens with one attached hydrogen (secondary N) is 2. The maximum Gasteiger partial charge on any atom is 0.255 e. The zero-order valence-electron chi connectivity index (χ0n) is 16.3. The van der Waals surface area contributed by atoms with E-state index in [1.807, 2.05) is 31.2 Å². The fraction of sp³-hybridized carbons (Fsp3) is 0.238. The minimum Gasteiger partial charge on any atom is -0.396 e. The number of rotatable bonds is 6. The monoisotopic (exact) mass is 468 g/mol. The van der Waals surface area contributed by atoms with Crippen LogP contribution in [0.1, 0.15) is 30.8 Å². The van der Waals surface area contributed by atoms with E-state index < -0.39 is 6.04 Å². The summed E-state index contributed by atoms with van der Waals surface area (Å²) < 4.78 is 2.64. The van der Waals surface area contributed by atoms with Crippen molar-refractivity contribution in [1.82, 2.24) is 19.7 Å². The number of hydrogen-bond donors (Lipinski definition) is 3. The van der Waals surface area contributed by atoms with Gasteiger partial charge in [0.25, 0.3) is 5.91 Å². The number of benzene rings is 1. The van der Waals surface area contributed by atoms with Crippen LogP contribution in [0.25, 0.3) is 0 Å². The van der Waals surface area contributed by atoms with Crippen LogP contribution in [0.2, 0.25) is 0 Å². The summed E-state index contributed by atoms with van der Waals surface area (Å²) in [7, 11) is 0. The Labute approximate surface area is 182 Å². The first-order valence-electron chi connectivity index (χ1n) is 9.57. The molecule has 4 rings (SSSR count). The molecule has 154 valence electrons. The van der Waals surface area contributed by atoms with Crippen molar-refractivity contribution in [1.29, 1.82) is 0 Å². The molecule has 0 bridgehead atoms. The number of carbonyl (C=O) groups excluding carboxylic acids is 1. The topological polar surface area (TPSA) is 105 Å². The van der Waals surface area contributed by atoms with Gasteiger partial charge < -0.3 is 15.7 Å². The normalized spacial score (nSPS) is 15.5. The zero-order valence-corrected chi connectivity index (χ0v) is 17.9. The third-order valence-corrected chi connectivity index (χ3v) is 5.28. The summed E-state index contributed by atoms with van der Waals surface area (Å²) in [6.45, 7) is 1.93. The molecule has 3 heterocycles. The summed E-state index contributed by atoms with van der Waals surface area (Å²) >= 11 is 3.52. The van der Waals surface area contributed by atoms with Crippen LogP contribution >= 0.6 is 15.9 Å². The molecule has 1 amide bonds. The lowest BCUT2D eigenvalue weighted by atomic mass is 9.95. The number of amides is 1. The van der Waals surface area contributed by atoms with Crippen molar-refractivity contribution in [3.05, 3.63) is 75.9 Å². The third-order valence-electron chi connectivity index (χ3n) is 4.78. The largest absolute Gasteiger partial charge is 0.396 e. The molecule has 0 spiro atoms. The summed E-state index contributed by atoms with van der Waals surface area (Å²) in [4.78, 5) is 21.9. The van der Waals surface area contributed by atoms with Gasteiger partial charge in [-0.15, -0.1) is 0 Å². The predicted molar refractivity (Wildman–Crippen MR) is 117 cm³/mol. The Morgan fingerprint density at radius 3 is 2.93 bits per heavy atom. The molecular weight excluding hydrogens is 448 g/mol. The summed E-state index contributed by atoms with van der Waals surface area (Å²) in [6, 6.07) is 10.9. The van der Waals surface area contributed by atoms with Crippen molar-refractivity contribution in [2.75, 3.05) is 17.2 Å². The molecule has 1 aliphatic rings. The molecule has 1 unspecified atom stereocenters. The molecule has 0 saturated heterocycles. The molecular formula is C21H21BrN6O2. The van der Waals surface area contributed by atoms with E-state index in [1.54, 1.807) is 29.2 Å². The first-order valence-corrected chi connectivity index (χ1v) is 10.4. The number of pyridine rings is 1. The standard InChI is InChI=1S/C21H21BrN6O2/c1-13-18(20(30)25-16-7-3-9-23-12-16)19(14-5-2-6-15(22)11-14)28-21(24-13)26-17(27-28)8-4-10-29/h2-3,5-7,9,11-12,19,29H,4,8,10H2,1H3,(H,25,30)(H,24,26,27). The van der Waals surface area contributed by atoms with Crippen LogP contribution in [0.15, 0.2) is 64.5 Å². The number of fused-ring (bicyclic) bond motifs is 1. The van der Waals surface area contributed by atoms with Crippen LogP contribution in [-0.4, -0.2) is 37.4 Å². The third kappa shape index (κ3) is 4.12. The molecule has 30 heavy (non-hydrogen) atoms. The minimum absolute atomic E-state index is 0.0718. The Kier molecular flexibility index (Phi) is 5.91. The number of aromatic nitrogens is 4. The van der Waals surface area contributed by atoms with Crippen LogP contribution in [0.4, 0.5) is 11.6 Å². The van der Waals surface area contributed by atoms with Crippen LogP contribution in [0.5, 0.6) is 0 Å². The van der Waals surface area contributed by atoms with Gasteiger partial charge in [0.2, 0.25) is 5.95 Å². The van der Waals surface area contributed by atoms with Gasteiger partial charge in [-0.25, -0.2) is 4.68 Å². The van der Waals surface area contributed by atoms with Gasteiger partial charge in [0, 0.05) is 29.4 Å². The molecule has 2 aromatic heterocycles. The summed E-state index contributed by atoms with van der Waals surface area (Å²) in [5, 5.41) is 19.9. The number of allylic oxidation sites excluding steroid dienone is 1. The maximum atomic E-state index is 13.3. The molecule has 9 heteroatoms. The molecule has 3 N–H and O–H groups in total. The molecule has 3 aromatic rings. The second-order valence-corrected chi connectivity index (χ2v) is 7.86. The highest BCUT2D eigenvalue weighted by Gasteiger charge is 2.34. The Morgan fingerprint density at radius 1 is 1.33 bits per heavy atom. The molecule has 0 radical (unpaired) electrons. The van der Waals surface area contributed by atoms with Crippen LogP contribution < -0.4 is 10.6 Å². The number of anilines is 2. The molecule has 1 aromatic carbocycles. The van der Waals surface area contributed by atoms with E-state index in [0.29, 0.717) is 41.6 Å². The molecule has 8 nitrogen and oxygen atoms in total. The molecule has 1 atom stereocenters. The second kappa shape index (κ2) is 8.76. The van der Waals surface area contributed by atoms with E-state index in [1.165, 1.54) is 0 Å². The van der Waals surface area contributed by atoms with Gasteiger partial charge in [0.15, 0.2) is 5.82 Å². The van der Waals surface area contributed by atoms with Crippen LogP contribution in [-0.2, 0) is 11.2 Å². The lowest BCUT2D eigenvalue weighted by molar-refractivity contribution is -0.113. The highest BCUT2D eigenvalue weighted by molar-refractivity contribution is 9.10. The molecule has 0 aliphatic carbocycles. The van der Waals surface area contributed by atoms with Crippen molar-refractivity contribution in [2.45, 2.75) is 25.8 Å². The number of aryl methyl sites for hydroxylation is 1. The van der Waals surface area contributed by atoms with E-state index in [9.17, 15) is 4.79 Å². The van der Waals surface area contributed by atoms with Crippen LogP contribution in [0, 0.1) is 0 Å². The van der Waals surface area contributed by atoms with Crippen molar-refractivity contribution in [2.24, 2.45) is 0 Å². The first-order chi connectivity index (χ1) is 14.6. The quantitative estimate of drug-likeness (QED) is 0.512. The SMILES string of the molecule is CC1=C(C(=O)Nc2cccnc2)C(c2cccc(Br)c2)n2nc(CCCO)nc2N1. The fourth-order valence-electron chi connectivity index (χ4n) is 3.45. The van der Waals surface area contributed by atoms with Gasteiger partial charge in [-0.05, 0) is 43.2 Å². The highest BCUT2D eigenvalue weighted by atomic mass is 79.9. The molecule has 0 fully saturated rings. The van der Waals surface area contributed by atoms with Gasteiger partial charge in [-0.2, -0.15) is 10.1 Å². The predicted octanol–water partition coefficient (Wildman–Crippen LogP) is 3.29. The Bertz CT molecular complexity index is 1100. The average molecular weight is 469 g/mol. The number of nitrogens with zero attached hydrogens (tertiary/aromatic N) is 4. The van der Waals surface area contributed by atoms with Crippen molar-refractivity contribution < 1.29 is 9.90 Å². The Balaban J connectivity index is 1.77. The maximum absolute atomic E-state index is 13.3. The minimum atomic E-state index is -0.453. The summed E-state index contributed by atoms with van der Waals surface area (Å²) in [5.74, 6) is 0.952. The highest BCUT2D eigenvalue weighted by Crippen LogP contribution is 2.36. The number of carbonyl (C=O) groups is 1. The second-order valence-electron chi connectivity index (χ2n) is 6.94. The van der Waals surface area contributed by atoms with E-state index in [0.717, 1.165) is 10.0 Å². The van der Waals surface area contributed by atoms with E-state index >= 15 is 0 Å². The van der Waals surface area contributed by atoms with E-state index in [-0.39, 0.29) is 12.5 Å². The molecule has 1 aliphatic heterocycles. The van der Waals surface area contributed by atoms with Gasteiger partial charge in [0.05, 0.1) is 17.5 Å². The van der Waals surface area contributed by atoms with Gasteiger partial charge in [-0.3, -0.25) is 9.78 Å². The zero-order chi connectivity index (χ0) is 21.1. The number of hydrogen-bond acceptors (Lipinski definition) is 6. The number of aliphatic hydroxyl groups excluding tert-OH is 1. The Hall–Kier alpha value is -3.04. The lowest BCUT2D eigenvalue weighted by Crippen LogP contribution is -2.31. The van der Waals surface area contributed by atoms with Crippen LogP contribution in [0.3, 0.4) is 0 Å². The van der Waals surface area contributed by atoms with E-state index in [2.05, 4.69) is 41.6 Å². The van der Waals surface area contributed by atoms with Gasteiger partial charge in [-0.1, -0.05) is 28.1 Å². The van der Waals surface area contributed by atoms with Crippen molar-refractivity contribution in [3.63, 3.8) is 0 Å². The Morgan fingerprint density at radius 2 is 2.20 bits per heavy atom. The van der Waals surface area contributed by atoms with Crippen molar-refractivity contribution in [3.8, 4) is 0 Å². The average Bonchev–Trinajstić information content (AvgIpc) is 3.14. The number of aliphatic hydroxyl groups is 1. The van der Waals surface area contributed by atoms with Gasteiger partial charge in [0.1, 0.15) is 6.04 Å². The first kappa shape index (κ1) is 20.2. The van der Waals surface area contributed by atoms with E-state index in [4.69, 9.17) is 5.11 Å². The summed E-state index contributed by atoms with van der Waals surface area (Å²) in [6.07, 6.45) is 4.39. The fourth-order valence-corrected chi connectivity index (χ4v) is 3.87. The summed E-state index contributed by atoms with van der Waals surface area (Å²) in [5.41, 5.74) is 2.77. The number of halogens is 1. The van der Waals surface area contributed by atoms with Crippen molar-refractivity contribution >= 4 is 33.5 Å². The smallest absolute Gasteiger partial charge is 0.255 e.